The monoisotopic (exact) mass is 284 g/mol. The molecular formula is C15H16N4O2. The highest BCUT2D eigenvalue weighted by Crippen LogP contribution is 2.10. The van der Waals surface area contributed by atoms with Crippen LogP contribution in [0.1, 0.15) is 0 Å². The second kappa shape index (κ2) is 6.17. The summed E-state index contributed by atoms with van der Waals surface area (Å²) in [5, 5.41) is 5.00. The molecule has 0 spiro atoms. The Morgan fingerprint density at radius 1 is 0.714 bits per heavy atom. The first-order valence-electron chi connectivity index (χ1n) is 6.31. The van der Waals surface area contributed by atoms with Gasteiger partial charge < -0.3 is 10.6 Å². The van der Waals surface area contributed by atoms with Crippen molar-refractivity contribution < 1.29 is 9.59 Å². The van der Waals surface area contributed by atoms with Crippen molar-refractivity contribution >= 4 is 23.2 Å². The van der Waals surface area contributed by atoms with Crippen LogP contribution in [0.4, 0.5) is 11.4 Å². The van der Waals surface area contributed by atoms with E-state index in [1.165, 1.54) is 0 Å². The van der Waals surface area contributed by atoms with Crippen molar-refractivity contribution in [3.05, 3.63) is 60.7 Å². The van der Waals surface area contributed by atoms with Gasteiger partial charge in [-0.15, -0.1) is 0 Å². The lowest BCUT2D eigenvalue weighted by molar-refractivity contribution is -0.131. The Labute approximate surface area is 122 Å². The van der Waals surface area contributed by atoms with Gasteiger partial charge in [0.05, 0.1) is 0 Å². The number of nitrogens with one attached hydrogen (secondary N) is 2. The minimum absolute atomic E-state index is 0.510. The first kappa shape index (κ1) is 14.7. The van der Waals surface area contributed by atoms with Gasteiger partial charge in [0.2, 0.25) is 5.66 Å². The fraction of sp³-hybridized carbons (Fsp3) is 0.0667. The quantitative estimate of drug-likeness (QED) is 0.493. The molecule has 108 valence electrons. The molecule has 2 aromatic rings. The number of hydrogen-bond donors (Lipinski definition) is 4. The number of benzene rings is 2. The Balaban J connectivity index is 2.06. The molecule has 6 nitrogen and oxygen atoms in total. The summed E-state index contributed by atoms with van der Waals surface area (Å²) >= 11 is 0. The molecule has 2 amide bonds. The summed E-state index contributed by atoms with van der Waals surface area (Å²) < 4.78 is 0. The van der Waals surface area contributed by atoms with Crippen molar-refractivity contribution in [1.82, 2.24) is 0 Å². The van der Waals surface area contributed by atoms with Crippen molar-refractivity contribution in [2.45, 2.75) is 5.66 Å². The number of anilines is 2. The van der Waals surface area contributed by atoms with Crippen LogP contribution >= 0.6 is 0 Å². The van der Waals surface area contributed by atoms with Gasteiger partial charge in [0.1, 0.15) is 0 Å². The average molecular weight is 284 g/mol. The zero-order valence-corrected chi connectivity index (χ0v) is 11.2. The van der Waals surface area contributed by atoms with Gasteiger partial charge in [0.15, 0.2) is 0 Å². The Morgan fingerprint density at radius 2 is 1.05 bits per heavy atom. The molecule has 6 N–H and O–H groups in total. The first-order valence-corrected chi connectivity index (χ1v) is 6.31. The smallest absolute Gasteiger partial charge is 0.269 e. The van der Waals surface area contributed by atoms with Gasteiger partial charge in [0, 0.05) is 11.4 Å². The molecule has 0 heterocycles. The maximum absolute atomic E-state index is 12.0. The third-order valence-corrected chi connectivity index (χ3v) is 2.81. The fourth-order valence-corrected chi connectivity index (χ4v) is 1.62. The van der Waals surface area contributed by atoms with Crippen LogP contribution in [0.25, 0.3) is 0 Å². The minimum Gasteiger partial charge on any atom is -0.323 e. The molecular weight excluding hydrogens is 268 g/mol. The number of rotatable bonds is 4. The molecule has 0 aliphatic carbocycles. The van der Waals surface area contributed by atoms with E-state index < -0.39 is 17.5 Å². The van der Waals surface area contributed by atoms with Crippen LogP contribution in [0.15, 0.2) is 60.7 Å². The first-order chi connectivity index (χ1) is 10.00. The van der Waals surface area contributed by atoms with Crippen LogP contribution < -0.4 is 22.1 Å². The molecule has 0 fully saturated rings. The number of amides is 2. The van der Waals surface area contributed by atoms with E-state index in [1.807, 2.05) is 0 Å². The summed E-state index contributed by atoms with van der Waals surface area (Å²) in [4.78, 5) is 24.1. The van der Waals surface area contributed by atoms with Crippen molar-refractivity contribution in [1.29, 1.82) is 0 Å². The molecule has 6 heteroatoms. The molecule has 21 heavy (non-hydrogen) atoms. The minimum atomic E-state index is -2.17. The van der Waals surface area contributed by atoms with Crippen molar-refractivity contribution in [3.63, 3.8) is 0 Å². The summed E-state index contributed by atoms with van der Waals surface area (Å²) in [7, 11) is 0. The zero-order valence-electron chi connectivity index (χ0n) is 11.2. The van der Waals surface area contributed by atoms with Crippen LogP contribution in [-0.4, -0.2) is 17.5 Å². The van der Waals surface area contributed by atoms with E-state index in [-0.39, 0.29) is 0 Å². The fourth-order valence-electron chi connectivity index (χ4n) is 1.62. The third kappa shape index (κ3) is 3.65. The SMILES string of the molecule is NC(N)(C(=O)Nc1ccccc1)C(=O)Nc1ccccc1. The summed E-state index contributed by atoms with van der Waals surface area (Å²) in [5.74, 6) is -1.58. The van der Waals surface area contributed by atoms with E-state index in [4.69, 9.17) is 11.5 Å². The van der Waals surface area contributed by atoms with E-state index in [1.54, 1.807) is 60.7 Å². The molecule has 0 saturated carbocycles. The number of nitrogens with two attached hydrogens (primary N) is 2. The number of para-hydroxylation sites is 2. The van der Waals surface area contributed by atoms with Gasteiger partial charge in [-0.3, -0.25) is 21.1 Å². The van der Waals surface area contributed by atoms with Crippen molar-refractivity contribution in [2.75, 3.05) is 10.6 Å². The molecule has 0 bridgehead atoms. The molecule has 2 aromatic carbocycles. The summed E-state index contributed by atoms with van der Waals surface area (Å²) in [6.45, 7) is 0. The zero-order chi connectivity index (χ0) is 15.3. The summed E-state index contributed by atoms with van der Waals surface area (Å²) in [5.41, 5.74) is 10.2. The predicted octanol–water partition coefficient (Wildman–Crippen LogP) is 0.877. The van der Waals surface area contributed by atoms with Gasteiger partial charge in [-0.05, 0) is 24.3 Å². The standard InChI is InChI=1S/C15H16N4O2/c16-15(17,13(20)18-11-7-3-1-4-8-11)14(21)19-12-9-5-2-6-10-12/h1-10H,16-17H2,(H,18,20)(H,19,21). The normalized spacial score (nSPS) is 10.8. The Morgan fingerprint density at radius 3 is 1.38 bits per heavy atom. The number of carbonyl (C=O) groups is 2. The van der Waals surface area contributed by atoms with E-state index in [9.17, 15) is 9.59 Å². The van der Waals surface area contributed by atoms with Gasteiger partial charge in [-0.25, -0.2) is 0 Å². The molecule has 0 radical (unpaired) electrons. The Kier molecular flexibility index (Phi) is 4.32. The topological polar surface area (TPSA) is 110 Å². The number of carbonyl (C=O) groups excluding carboxylic acids is 2. The third-order valence-electron chi connectivity index (χ3n) is 2.81. The van der Waals surface area contributed by atoms with E-state index in [0.29, 0.717) is 11.4 Å². The van der Waals surface area contributed by atoms with Gasteiger partial charge in [-0.1, -0.05) is 36.4 Å². The highest BCUT2D eigenvalue weighted by Gasteiger charge is 2.38. The largest absolute Gasteiger partial charge is 0.323 e. The summed E-state index contributed by atoms with van der Waals surface area (Å²) in [6.07, 6.45) is 0. The van der Waals surface area contributed by atoms with Gasteiger partial charge in [0.25, 0.3) is 11.8 Å². The highest BCUT2D eigenvalue weighted by atomic mass is 16.2. The van der Waals surface area contributed by atoms with E-state index in [2.05, 4.69) is 10.6 Å². The predicted molar refractivity (Wildman–Crippen MR) is 81.2 cm³/mol. The van der Waals surface area contributed by atoms with E-state index in [0.717, 1.165) is 0 Å². The maximum Gasteiger partial charge on any atom is 0.269 e. The van der Waals surface area contributed by atoms with Gasteiger partial charge in [-0.2, -0.15) is 0 Å². The summed E-state index contributed by atoms with van der Waals surface area (Å²) in [6, 6.07) is 17.3. The number of hydrogen-bond acceptors (Lipinski definition) is 4. The molecule has 0 unspecified atom stereocenters. The van der Waals surface area contributed by atoms with Gasteiger partial charge >= 0.3 is 0 Å². The molecule has 0 atom stereocenters. The van der Waals surface area contributed by atoms with E-state index >= 15 is 0 Å². The Bertz CT molecular complexity index is 571. The van der Waals surface area contributed by atoms with Crippen LogP contribution in [0.2, 0.25) is 0 Å². The molecule has 0 aliphatic heterocycles. The maximum atomic E-state index is 12.0. The van der Waals surface area contributed by atoms with Crippen LogP contribution in [-0.2, 0) is 9.59 Å². The lowest BCUT2D eigenvalue weighted by Crippen LogP contribution is -2.66. The van der Waals surface area contributed by atoms with Crippen molar-refractivity contribution in [2.24, 2.45) is 11.5 Å². The van der Waals surface area contributed by atoms with Crippen LogP contribution in [0, 0.1) is 0 Å². The lowest BCUT2D eigenvalue weighted by atomic mass is 10.1. The van der Waals surface area contributed by atoms with Crippen LogP contribution in [0.3, 0.4) is 0 Å². The van der Waals surface area contributed by atoms with Crippen LogP contribution in [0.5, 0.6) is 0 Å². The second-order valence-corrected chi connectivity index (χ2v) is 4.51. The Hall–Kier alpha value is -2.70. The highest BCUT2D eigenvalue weighted by molar-refractivity contribution is 6.17. The van der Waals surface area contributed by atoms with Crippen molar-refractivity contribution in [3.8, 4) is 0 Å². The molecule has 0 aromatic heterocycles. The molecule has 0 saturated heterocycles. The molecule has 2 rings (SSSR count). The second-order valence-electron chi connectivity index (χ2n) is 4.51. The average Bonchev–Trinajstić information content (AvgIpc) is 2.49. The lowest BCUT2D eigenvalue weighted by Gasteiger charge is -2.22. The molecule has 0 aliphatic rings.